The molecule has 1 rings (SSSR count). The molecule has 3 N–H and O–H groups in total. The topological polar surface area (TPSA) is 85.4 Å². The minimum Gasteiger partial charge on any atom is -0.481 e. The minimum atomic E-state index is -5.07. The van der Waals surface area contributed by atoms with Gasteiger partial charge in [0.15, 0.2) is 5.75 Å². The van der Waals surface area contributed by atoms with Crippen molar-refractivity contribution in [3.63, 3.8) is 0 Å². The fourth-order valence-corrected chi connectivity index (χ4v) is 1.19. The van der Waals surface area contributed by atoms with Crippen LogP contribution in [0.4, 0.5) is 23.2 Å². The molecule has 0 amide bonds. The van der Waals surface area contributed by atoms with Crippen LogP contribution in [0.3, 0.4) is 0 Å². The van der Waals surface area contributed by atoms with Crippen molar-refractivity contribution in [2.24, 2.45) is 0 Å². The van der Waals surface area contributed by atoms with Gasteiger partial charge in [-0.1, -0.05) is 0 Å². The molecule has 0 aliphatic heterocycles. The maximum absolute atomic E-state index is 12.4. The number of aliphatic carboxylic acids is 1. The highest BCUT2D eigenvalue weighted by molar-refractivity contribution is 5.72. The molecule has 0 aliphatic rings. The highest BCUT2D eigenvalue weighted by Crippen LogP contribution is 2.33. The van der Waals surface area contributed by atoms with E-state index in [9.17, 15) is 22.4 Å². The van der Waals surface area contributed by atoms with Gasteiger partial charge in [0.05, 0.1) is 17.8 Å². The molecule has 1 aromatic rings. The quantitative estimate of drug-likeness (QED) is 0.811. The summed E-state index contributed by atoms with van der Waals surface area (Å²) in [5.74, 6) is -2.39. The Balaban J connectivity index is 3.26. The van der Waals surface area contributed by atoms with E-state index in [1.807, 2.05) is 0 Å². The van der Waals surface area contributed by atoms with Gasteiger partial charge in [0, 0.05) is 11.8 Å². The molecule has 0 saturated heterocycles. The number of pyridine rings is 1. The Kier molecular flexibility index (Phi) is 3.94. The van der Waals surface area contributed by atoms with Gasteiger partial charge in [-0.2, -0.15) is 0 Å². The second kappa shape index (κ2) is 5.07. The molecule has 100 valence electrons. The summed E-state index contributed by atoms with van der Waals surface area (Å²) in [4.78, 5) is 13.9. The lowest BCUT2D eigenvalue weighted by Gasteiger charge is -2.15. The highest BCUT2D eigenvalue weighted by atomic mass is 19.4. The van der Waals surface area contributed by atoms with Crippen molar-refractivity contribution >= 4 is 11.7 Å². The van der Waals surface area contributed by atoms with Crippen molar-refractivity contribution in [1.82, 2.24) is 4.98 Å². The molecule has 0 bridgehead atoms. The fraction of sp³-hybridized carbons (Fsp3) is 0.333. The number of aromatic nitrogens is 1. The van der Waals surface area contributed by atoms with E-state index in [0.717, 1.165) is 6.20 Å². The van der Waals surface area contributed by atoms with Gasteiger partial charge in [-0.25, -0.2) is 4.39 Å². The maximum atomic E-state index is 12.4. The monoisotopic (exact) mass is 268 g/mol. The summed E-state index contributed by atoms with van der Waals surface area (Å²) >= 11 is 0. The zero-order valence-corrected chi connectivity index (χ0v) is 8.79. The molecule has 0 atom stereocenters. The smallest absolute Gasteiger partial charge is 0.481 e. The molecule has 0 radical (unpaired) electrons. The van der Waals surface area contributed by atoms with Crippen LogP contribution in [-0.2, 0) is 17.9 Å². The fourth-order valence-electron chi connectivity index (χ4n) is 1.19. The zero-order valence-electron chi connectivity index (χ0n) is 8.79. The lowest BCUT2D eigenvalue weighted by atomic mass is 10.1. The predicted molar refractivity (Wildman–Crippen MR) is 51.5 cm³/mol. The van der Waals surface area contributed by atoms with Crippen molar-refractivity contribution in [3.05, 3.63) is 17.5 Å². The summed E-state index contributed by atoms with van der Waals surface area (Å²) in [7, 11) is 0. The van der Waals surface area contributed by atoms with Gasteiger partial charge in [-0.15, -0.1) is 13.2 Å². The van der Waals surface area contributed by atoms with Crippen LogP contribution in [0.15, 0.2) is 6.20 Å². The molecule has 0 spiro atoms. The van der Waals surface area contributed by atoms with Gasteiger partial charge in [-0.05, 0) is 0 Å². The van der Waals surface area contributed by atoms with Crippen molar-refractivity contribution in [3.8, 4) is 5.75 Å². The van der Waals surface area contributed by atoms with E-state index in [0.29, 0.717) is 0 Å². The molecule has 1 aromatic heterocycles. The second-order valence-electron chi connectivity index (χ2n) is 3.22. The molecular weight excluding hydrogens is 260 g/mol. The van der Waals surface area contributed by atoms with Crippen LogP contribution in [0.25, 0.3) is 0 Å². The number of nitrogens with zero attached hydrogens (tertiary/aromatic N) is 1. The number of rotatable bonds is 4. The molecule has 9 heteroatoms. The van der Waals surface area contributed by atoms with E-state index in [-0.39, 0.29) is 5.56 Å². The largest absolute Gasteiger partial charge is 0.573 e. The lowest BCUT2D eigenvalue weighted by Crippen LogP contribution is -2.21. The summed E-state index contributed by atoms with van der Waals surface area (Å²) in [5.41, 5.74) is 3.85. The first-order valence-corrected chi connectivity index (χ1v) is 4.54. The third-order valence-electron chi connectivity index (χ3n) is 1.91. The Labute approximate surface area is 98.2 Å². The van der Waals surface area contributed by atoms with Crippen LogP contribution in [0.2, 0.25) is 0 Å². The first kappa shape index (κ1) is 14.0. The highest BCUT2D eigenvalue weighted by Gasteiger charge is 2.34. The van der Waals surface area contributed by atoms with E-state index in [1.54, 1.807) is 0 Å². The van der Waals surface area contributed by atoms with Crippen molar-refractivity contribution in [2.75, 3.05) is 5.73 Å². The molecule has 0 saturated carbocycles. The van der Waals surface area contributed by atoms with Gasteiger partial charge < -0.3 is 15.6 Å². The number of alkyl halides is 4. The molecular formula is C9H8F4N2O3. The summed E-state index contributed by atoms with van der Waals surface area (Å²) in [6, 6.07) is 0. The van der Waals surface area contributed by atoms with Crippen molar-refractivity contribution in [1.29, 1.82) is 0 Å². The molecule has 0 aliphatic carbocycles. The number of carbonyl (C=O) groups is 1. The summed E-state index contributed by atoms with van der Waals surface area (Å²) in [6.07, 6.45) is -5.02. The molecule has 18 heavy (non-hydrogen) atoms. The Hall–Kier alpha value is -2.06. The number of ether oxygens (including phenoxy) is 1. The average Bonchev–Trinajstić information content (AvgIpc) is 2.21. The van der Waals surface area contributed by atoms with Gasteiger partial charge in [0.2, 0.25) is 0 Å². The molecule has 0 aromatic carbocycles. The van der Waals surface area contributed by atoms with Crippen LogP contribution < -0.4 is 10.5 Å². The van der Waals surface area contributed by atoms with Crippen LogP contribution >= 0.6 is 0 Å². The lowest BCUT2D eigenvalue weighted by molar-refractivity contribution is -0.274. The van der Waals surface area contributed by atoms with Gasteiger partial charge >= 0.3 is 12.3 Å². The SMILES string of the molecule is Nc1c(CF)cnc(CC(=O)O)c1OC(F)(F)F. The van der Waals surface area contributed by atoms with Crippen LogP contribution in [0, 0.1) is 0 Å². The van der Waals surface area contributed by atoms with E-state index >= 15 is 0 Å². The Morgan fingerprint density at radius 3 is 2.56 bits per heavy atom. The van der Waals surface area contributed by atoms with Gasteiger partial charge in [0.25, 0.3) is 0 Å². The van der Waals surface area contributed by atoms with Crippen molar-refractivity contribution < 1.29 is 32.2 Å². The number of hydrogen-bond donors (Lipinski definition) is 2. The number of carboxylic acid groups (broad SMARTS) is 1. The van der Waals surface area contributed by atoms with E-state index in [4.69, 9.17) is 10.8 Å². The number of nitrogen functional groups attached to an aromatic ring is 1. The predicted octanol–water partition coefficient (Wildman–Crippen LogP) is 1.66. The third-order valence-corrected chi connectivity index (χ3v) is 1.91. The standard InChI is InChI=1S/C9H8F4N2O3/c10-2-4-3-15-5(1-6(16)17)8(7(4)14)18-9(11,12)13/h3H,1-2H2,(H2,14,15)(H,16,17). The molecule has 0 unspecified atom stereocenters. The Morgan fingerprint density at radius 1 is 1.50 bits per heavy atom. The second-order valence-corrected chi connectivity index (χ2v) is 3.22. The Bertz CT molecular complexity index is 462. The maximum Gasteiger partial charge on any atom is 0.573 e. The number of halogens is 4. The third kappa shape index (κ3) is 3.47. The van der Waals surface area contributed by atoms with Crippen LogP contribution in [0.1, 0.15) is 11.3 Å². The molecule has 5 nitrogen and oxygen atoms in total. The van der Waals surface area contributed by atoms with E-state index in [1.165, 1.54) is 0 Å². The minimum absolute atomic E-state index is 0.302. The number of hydrogen-bond acceptors (Lipinski definition) is 4. The molecule has 1 heterocycles. The molecule has 0 fully saturated rings. The van der Waals surface area contributed by atoms with Gasteiger partial charge in [0.1, 0.15) is 6.67 Å². The zero-order chi connectivity index (χ0) is 13.9. The summed E-state index contributed by atoms with van der Waals surface area (Å²) in [6.45, 7) is -1.14. The summed E-state index contributed by atoms with van der Waals surface area (Å²) < 4.78 is 52.4. The Morgan fingerprint density at radius 2 is 2.11 bits per heavy atom. The van der Waals surface area contributed by atoms with E-state index in [2.05, 4.69) is 9.72 Å². The van der Waals surface area contributed by atoms with Crippen LogP contribution in [0.5, 0.6) is 5.75 Å². The first-order chi connectivity index (χ1) is 8.24. The number of nitrogens with two attached hydrogens (primary N) is 1. The van der Waals surface area contributed by atoms with Gasteiger partial charge in [-0.3, -0.25) is 9.78 Å². The number of anilines is 1. The number of carboxylic acids is 1. The first-order valence-electron chi connectivity index (χ1n) is 4.54. The van der Waals surface area contributed by atoms with Crippen LogP contribution in [-0.4, -0.2) is 22.4 Å². The van der Waals surface area contributed by atoms with Crippen molar-refractivity contribution in [2.45, 2.75) is 19.5 Å². The summed E-state index contributed by atoms with van der Waals surface area (Å²) in [5, 5.41) is 8.52. The normalized spacial score (nSPS) is 11.3. The average molecular weight is 268 g/mol. The van der Waals surface area contributed by atoms with E-state index < -0.39 is 42.6 Å².